The van der Waals surface area contributed by atoms with Crippen LogP contribution in [0.4, 0.5) is 0 Å². The Bertz CT molecular complexity index is 1540. The summed E-state index contributed by atoms with van der Waals surface area (Å²) in [6.07, 6.45) is 86.7. The van der Waals surface area contributed by atoms with E-state index < -0.39 is 6.10 Å². The third kappa shape index (κ3) is 60.9. The molecule has 0 aliphatic rings. The van der Waals surface area contributed by atoms with Crippen LogP contribution in [0.5, 0.6) is 0 Å². The topological polar surface area (TPSA) is 78.9 Å². The van der Waals surface area contributed by atoms with Gasteiger partial charge in [-0.1, -0.05) is 265 Å². The van der Waals surface area contributed by atoms with Crippen molar-refractivity contribution in [2.24, 2.45) is 0 Å². The molecule has 0 amide bonds. The van der Waals surface area contributed by atoms with Crippen LogP contribution in [0, 0.1) is 0 Å². The normalized spacial score (nSPS) is 12.8. The molecule has 434 valence electrons. The van der Waals surface area contributed by atoms with Crippen LogP contribution in [0.3, 0.4) is 0 Å². The molecule has 6 nitrogen and oxygen atoms in total. The van der Waals surface area contributed by atoms with Crippen molar-refractivity contribution >= 4 is 17.9 Å². The quantitative estimate of drug-likeness (QED) is 0.0261. The van der Waals surface area contributed by atoms with Crippen molar-refractivity contribution in [1.29, 1.82) is 0 Å². The van der Waals surface area contributed by atoms with Gasteiger partial charge in [-0.15, -0.1) is 0 Å². The van der Waals surface area contributed by atoms with Crippen LogP contribution in [0.25, 0.3) is 0 Å². The van der Waals surface area contributed by atoms with Gasteiger partial charge in [0, 0.05) is 19.3 Å². The number of esters is 3. The average molecular weight is 1060 g/mol. The molecule has 0 spiro atoms. The molecule has 0 radical (unpaired) electrons. The second-order valence-electron chi connectivity index (χ2n) is 20.9. The largest absolute Gasteiger partial charge is 0.462 e. The van der Waals surface area contributed by atoms with Crippen LogP contribution in [0.15, 0.2) is 109 Å². The molecule has 0 aromatic heterocycles. The van der Waals surface area contributed by atoms with Gasteiger partial charge in [0.2, 0.25) is 0 Å². The van der Waals surface area contributed by atoms with Crippen molar-refractivity contribution in [3.05, 3.63) is 109 Å². The smallest absolute Gasteiger partial charge is 0.306 e. The highest BCUT2D eigenvalue weighted by Gasteiger charge is 2.19. The molecule has 0 heterocycles. The van der Waals surface area contributed by atoms with Crippen molar-refractivity contribution in [3.8, 4) is 0 Å². The monoisotopic (exact) mass is 1050 g/mol. The number of carbonyl (C=O) groups excluding carboxylic acids is 3. The molecule has 0 saturated carbocycles. The zero-order valence-electron chi connectivity index (χ0n) is 49.7. The predicted octanol–water partition coefficient (Wildman–Crippen LogP) is 21.8. The van der Waals surface area contributed by atoms with E-state index in [-0.39, 0.29) is 31.1 Å². The fourth-order valence-electron chi connectivity index (χ4n) is 8.69. The first-order valence-electron chi connectivity index (χ1n) is 31.9. The lowest BCUT2D eigenvalue weighted by Crippen LogP contribution is -2.30. The number of hydrogen-bond acceptors (Lipinski definition) is 6. The summed E-state index contributed by atoms with van der Waals surface area (Å²) in [5.41, 5.74) is 0. The molecule has 1 atom stereocenters. The van der Waals surface area contributed by atoms with E-state index in [4.69, 9.17) is 14.2 Å². The minimum Gasteiger partial charge on any atom is -0.462 e. The molecule has 0 N–H and O–H groups in total. The SMILES string of the molecule is CC/C=C\C/C=C\C/C=C\C/C=C\C/C=C\C/C=C\C/C=C\CCCCCCCCCCCC(=O)OCC(COC(=O)CCCCCCC/C=C\CCCC)OC(=O)CCCCCCC/C=C\CCCCCCCCC. The summed E-state index contributed by atoms with van der Waals surface area (Å²) < 4.78 is 16.9. The first-order valence-corrected chi connectivity index (χ1v) is 31.9. The van der Waals surface area contributed by atoms with Crippen molar-refractivity contribution in [2.75, 3.05) is 13.2 Å². The highest BCUT2D eigenvalue weighted by Crippen LogP contribution is 2.15. The highest BCUT2D eigenvalue weighted by molar-refractivity contribution is 5.71. The van der Waals surface area contributed by atoms with E-state index in [9.17, 15) is 14.4 Å². The molecule has 0 rings (SSSR count). The zero-order valence-corrected chi connectivity index (χ0v) is 49.7. The van der Waals surface area contributed by atoms with Crippen LogP contribution in [-0.4, -0.2) is 37.2 Å². The van der Waals surface area contributed by atoms with Crippen LogP contribution < -0.4 is 0 Å². The van der Waals surface area contributed by atoms with Gasteiger partial charge in [0.25, 0.3) is 0 Å². The Hall–Kier alpha value is -3.93. The summed E-state index contributed by atoms with van der Waals surface area (Å²) in [4.78, 5) is 38.2. The van der Waals surface area contributed by atoms with Crippen LogP contribution in [0.2, 0.25) is 0 Å². The first kappa shape index (κ1) is 72.1. The highest BCUT2D eigenvalue weighted by atomic mass is 16.6. The first-order chi connectivity index (χ1) is 37.5. The minimum atomic E-state index is -0.789. The molecule has 76 heavy (non-hydrogen) atoms. The Balaban J connectivity index is 4.25. The van der Waals surface area contributed by atoms with Crippen molar-refractivity contribution in [3.63, 3.8) is 0 Å². The molecule has 0 fully saturated rings. The van der Waals surface area contributed by atoms with Crippen molar-refractivity contribution < 1.29 is 28.6 Å². The zero-order chi connectivity index (χ0) is 55.0. The van der Waals surface area contributed by atoms with Gasteiger partial charge in [-0.3, -0.25) is 14.4 Å². The lowest BCUT2D eigenvalue weighted by atomic mass is 10.1. The van der Waals surface area contributed by atoms with Crippen molar-refractivity contribution in [1.82, 2.24) is 0 Å². The summed E-state index contributed by atoms with van der Waals surface area (Å²) in [5.74, 6) is -0.905. The molecule has 0 saturated heterocycles. The fourth-order valence-corrected chi connectivity index (χ4v) is 8.69. The van der Waals surface area contributed by atoms with Crippen LogP contribution in [-0.2, 0) is 28.6 Å². The molecule has 0 aliphatic carbocycles. The fraction of sp³-hybridized carbons (Fsp3) is 0.700. The summed E-state index contributed by atoms with van der Waals surface area (Å²) >= 11 is 0. The van der Waals surface area contributed by atoms with Crippen LogP contribution in [0.1, 0.15) is 297 Å². The van der Waals surface area contributed by atoms with Gasteiger partial charge < -0.3 is 14.2 Å². The predicted molar refractivity (Wildman–Crippen MR) is 330 cm³/mol. The van der Waals surface area contributed by atoms with E-state index in [1.807, 2.05) is 0 Å². The molecule has 0 aliphatic heterocycles. The summed E-state index contributed by atoms with van der Waals surface area (Å²) in [7, 11) is 0. The maximum absolute atomic E-state index is 12.9. The Morgan fingerprint density at radius 2 is 0.526 bits per heavy atom. The molecule has 0 aromatic rings. The molecular weight excluding hydrogens is 937 g/mol. The minimum absolute atomic E-state index is 0.0868. The second kappa shape index (κ2) is 63.6. The number of carbonyl (C=O) groups is 3. The third-order valence-electron chi connectivity index (χ3n) is 13.5. The summed E-state index contributed by atoms with van der Waals surface area (Å²) in [6, 6.07) is 0. The number of ether oxygens (including phenoxy) is 3. The van der Waals surface area contributed by atoms with E-state index in [0.29, 0.717) is 19.3 Å². The number of allylic oxidation sites excluding steroid dienone is 18. The molecule has 6 heteroatoms. The van der Waals surface area contributed by atoms with Gasteiger partial charge in [0.1, 0.15) is 13.2 Å². The number of rotatable bonds is 57. The number of unbranched alkanes of at least 4 members (excludes halogenated alkanes) is 28. The average Bonchev–Trinajstić information content (AvgIpc) is 3.42. The summed E-state index contributed by atoms with van der Waals surface area (Å²) in [5, 5.41) is 0. The van der Waals surface area contributed by atoms with E-state index in [2.05, 4.69) is 130 Å². The molecule has 1 unspecified atom stereocenters. The second-order valence-corrected chi connectivity index (χ2v) is 20.9. The van der Waals surface area contributed by atoms with E-state index >= 15 is 0 Å². The Labute approximate surface area is 470 Å². The van der Waals surface area contributed by atoms with Gasteiger partial charge in [-0.2, -0.15) is 0 Å². The summed E-state index contributed by atoms with van der Waals surface area (Å²) in [6.45, 7) is 6.48. The van der Waals surface area contributed by atoms with Gasteiger partial charge in [0.05, 0.1) is 0 Å². The molecule has 0 bridgehead atoms. The van der Waals surface area contributed by atoms with Crippen LogP contribution >= 0.6 is 0 Å². The lowest BCUT2D eigenvalue weighted by molar-refractivity contribution is -0.167. The van der Waals surface area contributed by atoms with E-state index in [0.717, 1.165) is 128 Å². The molecule has 0 aromatic carbocycles. The Kier molecular flexibility index (Phi) is 60.3. The van der Waals surface area contributed by atoms with Gasteiger partial charge in [-0.05, 0) is 122 Å². The Morgan fingerprint density at radius 1 is 0.276 bits per heavy atom. The van der Waals surface area contributed by atoms with Gasteiger partial charge >= 0.3 is 17.9 Å². The third-order valence-corrected chi connectivity index (χ3v) is 13.5. The standard InChI is InChI=1S/C70H118O6/c1-4-7-10-13-16-19-22-24-26-28-29-30-31-32-33-34-35-36-37-38-39-40-41-42-44-45-48-51-54-57-60-63-69(72)75-66-67(65-74-68(71)62-59-56-53-50-47-21-18-15-12-9-6-3)76-70(73)64-61-58-55-52-49-46-43-27-25-23-20-17-14-11-8-5-2/h7,10,15-16,18-19,24,26-27,29-30,32-33,35-36,38-39,43,67H,4-6,8-9,11-14,17,20-23,25,28,31,34,37,40-42,44-66H2,1-3H3/b10-7-,18-15-,19-16-,26-24-,30-29-,33-32-,36-35-,39-38-,43-27-. The maximum Gasteiger partial charge on any atom is 0.306 e. The van der Waals surface area contributed by atoms with Gasteiger partial charge in [0.15, 0.2) is 6.10 Å². The van der Waals surface area contributed by atoms with Crippen molar-refractivity contribution in [2.45, 2.75) is 303 Å². The lowest BCUT2D eigenvalue weighted by Gasteiger charge is -2.18. The van der Waals surface area contributed by atoms with Gasteiger partial charge in [-0.25, -0.2) is 0 Å². The number of hydrogen-bond donors (Lipinski definition) is 0. The maximum atomic E-state index is 12.9. The van der Waals surface area contributed by atoms with E-state index in [1.165, 1.54) is 128 Å². The van der Waals surface area contributed by atoms with E-state index in [1.54, 1.807) is 0 Å². The molecular formula is C70H118O6. The Morgan fingerprint density at radius 3 is 0.855 bits per heavy atom.